The van der Waals surface area contributed by atoms with Gasteiger partial charge in [0.1, 0.15) is 5.52 Å². The Morgan fingerprint density at radius 2 is 2.31 bits per heavy atom. The number of hydrogen-bond acceptors (Lipinski definition) is 3. The van der Waals surface area contributed by atoms with Crippen LogP contribution in [0.25, 0.3) is 11.0 Å². The molecule has 1 fully saturated rings. The van der Waals surface area contributed by atoms with E-state index in [4.69, 9.17) is 5.73 Å². The molecule has 0 aromatic carbocycles. The van der Waals surface area contributed by atoms with Gasteiger partial charge in [0.15, 0.2) is 0 Å². The third-order valence-electron chi connectivity index (χ3n) is 3.76. The summed E-state index contributed by atoms with van der Waals surface area (Å²) in [7, 11) is 0. The number of nitrogen functional groups attached to an aromatic ring is 1. The normalized spacial score (nSPS) is 18.6. The number of nitrogens with two attached hydrogens (primary N) is 1. The molecule has 0 amide bonds. The fraction of sp³-hybridized carbons (Fsp3) is 0.500. The lowest BCUT2D eigenvalue weighted by molar-refractivity contribution is 0.227. The molecule has 1 atom stereocenters. The molecule has 2 heterocycles. The lowest BCUT2D eigenvalue weighted by atomic mass is 9.80. The molecule has 1 aliphatic rings. The minimum Gasteiger partial charge on any atom is -0.369 e. The van der Waals surface area contributed by atoms with Crippen LogP contribution < -0.4 is 5.73 Å². The molecule has 0 bridgehead atoms. The SMILES string of the molecule is CC(C1CCC1)n1c(N)nc2cnccc21. The van der Waals surface area contributed by atoms with Gasteiger partial charge in [-0.05, 0) is 31.7 Å². The fourth-order valence-electron chi connectivity index (χ4n) is 2.53. The van der Waals surface area contributed by atoms with Crippen molar-refractivity contribution in [2.45, 2.75) is 32.2 Å². The van der Waals surface area contributed by atoms with Crippen LogP contribution in [-0.2, 0) is 0 Å². The zero-order chi connectivity index (χ0) is 11.1. The maximum Gasteiger partial charge on any atom is 0.201 e. The van der Waals surface area contributed by atoms with Gasteiger partial charge in [-0.15, -0.1) is 0 Å². The molecule has 1 saturated carbocycles. The predicted octanol–water partition coefficient (Wildman–Crippen LogP) is 2.37. The highest BCUT2D eigenvalue weighted by Crippen LogP contribution is 2.38. The fourth-order valence-corrected chi connectivity index (χ4v) is 2.53. The van der Waals surface area contributed by atoms with E-state index >= 15 is 0 Å². The monoisotopic (exact) mass is 216 g/mol. The number of pyridine rings is 1. The number of rotatable bonds is 2. The summed E-state index contributed by atoms with van der Waals surface area (Å²) in [5, 5.41) is 0. The molecular formula is C12H16N4. The maximum absolute atomic E-state index is 5.99. The smallest absolute Gasteiger partial charge is 0.201 e. The lowest BCUT2D eigenvalue weighted by Gasteiger charge is -2.32. The summed E-state index contributed by atoms with van der Waals surface area (Å²) in [5.41, 5.74) is 7.99. The van der Waals surface area contributed by atoms with Gasteiger partial charge in [0.2, 0.25) is 5.95 Å². The first-order chi connectivity index (χ1) is 7.77. The molecule has 0 aliphatic heterocycles. The van der Waals surface area contributed by atoms with Crippen LogP contribution in [0, 0.1) is 5.92 Å². The first-order valence-corrected chi connectivity index (χ1v) is 5.85. The van der Waals surface area contributed by atoms with E-state index in [1.54, 1.807) is 12.4 Å². The number of nitrogens with zero attached hydrogens (tertiary/aromatic N) is 3. The van der Waals surface area contributed by atoms with Crippen molar-refractivity contribution in [3.63, 3.8) is 0 Å². The van der Waals surface area contributed by atoms with Gasteiger partial charge in [-0.3, -0.25) is 4.98 Å². The molecule has 84 valence electrons. The molecule has 4 heteroatoms. The Kier molecular flexibility index (Phi) is 2.09. The average Bonchev–Trinajstić information content (AvgIpc) is 2.50. The molecule has 3 rings (SSSR count). The molecule has 0 spiro atoms. The first-order valence-electron chi connectivity index (χ1n) is 5.85. The summed E-state index contributed by atoms with van der Waals surface area (Å²) in [6.45, 7) is 2.24. The van der Waals surface area contributed by atoms with E-state index in [1.807, 2.05) is 6.07 Å². The highest BCUT2D eigenvalue weighted by atomic mass is 15.2. The summed E-state index contributed by atoms with van der Waals surface area (Å²) in [6, 6.07) is 2.44. The molecule has 4 nitrogen and oxygen atoms in total. The van der Waals surface area contributed by atoms with Gasteiger partial charge >= 0.3 is 0 Å². The average molecular weight is 216 g/mol. The summed E-state index contributed by atoms with van der Waals surface area (Å²) in [4.78, 5) is 8.43. The molecule has 1 aliphatic carbocycles. The molecule has 0 saturated heterocycles. The van der Waals surface area contributed by atoms with Crippen LogP contribution in [0.4, 0.5) is 5.95 Å². The van der Waals surface area contributed by atoms with Gasteiger partial charge in [0.25, 0.3) is 0 Å². The van der Waals surface area contributed by atoms with E-state index in [-0.39, 0.29) is 0 Å². The zero-order valence-electron chi connectivity index (χ0n) is 9.43. The molecule has 0 radical (unpaired) electrons. The number of aromatic nitrogens is 3. The van der Waals surface area contributed by atoms with Crippen molar-refractivity contribution >= 4 is 17.0 Å². The van der Waals surface area contributed by atoms with Crippen LogP contribution in [0.2, 0.25) is 0 Å². The third-order valence-corrected chi connectivity index (χ3v) is 3.76. The lowest BCUT2D eigenvalue weighted by Crippen LogP contribution is -2.23. The van der Waals surface area contributed by atoms with E-state index in [1.165, 1.54) is 19.3 Å². The van der Waals surface area contributed by atoms with Crippen LogP contribution in [0.3, 0.4) is 0 Å². The van der Waals surface area contributed by atoms with Gasteiger partial charge in [0, 0.05) is 12.2 Å². The number of fused-ring (bicyclic) bond motifs is 1. The van der Waals surface area contributed by atoms with E-state index in [0.717, 1.165) is 17.0 Å². The molecule has 1 unspecified atom stereocenters. The number of anilines is 1. The van der Waals surface area contributed by atoms with Gasteiger partial charge in [-0.2, -0.15) is 0 Å². The van der Waals surface area contributed by atoms with E-state index in [2.05, 4.69) is 21.5 Å². The van der Waals surface area contributed by atoms with Crippen molar-refractivity contribution in [1.82, 2.24) is 14.5 Å². The topological polar surface area (TPSA) is 56.7 Å². The Balaban J connectivity index is 2.10. The van der Waals surface area contributed by atoms with Crippen LogP contribution in [0.1, 0.15) is 32.2 Å². The van der Waals surface area contributed by atoms with Crippen molar-refractivity contribution in [1.29, 1.82) is 0 Å². The highest BCUT2D eigenvalue weighted by molar-refractivity contribution is 5.77. The van der Waals surface area contributed by atoms with Crippen molar-refractivity contribution in [2.75, 3.05) is 5.73 Å². The summed E-state index contributed by atoms with van der Waals surface area (Å²) in [6.07, 6.45) is 7.54. The highest BCUT2D eigenvalue weighted by Gasteiger charge is 2.27. The van der Waals surface area contributed by atoms with Crippen LogP contribution in [0.5, 0.6) is 0 Å². The van der Waals surface area contributed by atoms with Crippen LogP contribution in [-0.4, -0.2) is 14.5 Å². The Morgan fingerprint density at radius 3 is 3.00 bits per heavy atom. The zero-order valence-corrected chi connectivity index (χ0v) is 9.43. The standard InChI is InChI=1S/C12H16N4/c1-8(9-3-2-4-9)16-11-5-6-14-7-10(11)15-12(16)13/h5-9H,2-4H2,1H3,(H2,13,15). The summed E-state index contributed by atoms with van der Waals surface area (Å²) < 4.78 is 2.15. The molecular weight excluding hydrogens is 200 g/mol. The second-order valence-electron chi connectivity index (χ2n) is 4.64. The van der Waals surface area contributed by atoms with Crippen molar-refractivity contribution < 1.29 is 0 Å². The van der Waals surface area contributed by atoms with Crippen molar-refractivity contribution in [3.8, 4) is 0 Å². The van der Waals surface area contributed by atoms with Gasteiger partial charge in [-0.25, -0.2) is 4.98 Å². The van der Waals surface area contributed by atoms with Crippen LogP contribution in [0.15, 0.2) is 18.5 Å². The predicted molar refractivity (Wildman–Crippen MR) is 64.0 cm³/mol. The quantitative estimate of drug-likeness (QED) is 0.838. The van der Waals surface area contributed by atoms with E-state index < -0.39 is 0 Å². The number of imidazole rings is 1. The van der Waals surface area contributed by atoms with Gasteiger partial charge < -0.3 is 10.3 Å². The molecule has 2 N–H and O–H groups in total. The Labute approximate surface area is 94.5 Å². The first kappa shape index (κ1) is 9.63. The minimum absolute atomic E-state index is 0.446. The Hall–Kier alpha value is -1.58. The molecule has 2 aromatic heterocycles. The summed E-state index contributed by atoms with van der Waals surface area (Å²) >= 11 is 0. The van der Waals surface area contributed by atoms with Crippen LogP contribution >= 0.6 is 0 Å². The maximum atomic E-state index is 5.99. The number of hydrogen-bond donors (Lipinski definition) is 1. The second-order valence-corrected chi connectivity index (χ2v) is 4.64. The third kappa shape index (κ3) is 1.29. The van der Waals surface area contributed by atoms with Gasteiger partial charge in [-0.1, -0.05) is 6.42 Å². The Morgan fingerprint density at radius 1 is 1.50 bits per heavy atom. The second kappa shape index (κ2) is 3.47. The van der Waals surface area contributed by atoms with Crippen molar-refractivity contribution in [2.24, 2.45) is 5.92 Å². The van der Waals surface area contributed by atoms with Gasteiger partial charge in [0.05, 0.1) is 11.7 Å². The Bertz CT molecular complexity index is 513. The molecule has 16 heavy (non-hydrogen) atoms. The van der Waals surface area contributed by atoms with E-state index in [0.29, 0.717) is 12.0 Å². The summed E-state index contributed by atoms with van der Waals surface area (Å²) in [5.74, 6) is 1.37. The van der Waals surface area contributed by atoms with Crippen molar-refractivity contribution in [3.05, 3.63) is 18.5 Å². The molecule has 2 aromatic rings. The van der Waals surface area contributed by atoms with E-state index in [9.17, 15) is 0 Å². The largest absolute Gasteiger partial charge is 0.369 e. The minimum atomic E-state index is 0.446.